The quantitative estimate of drug-likeness (QED) is 0.822. The van der Waals surface area contributed by atoms with E-state index in [2.05, 4.69) is 5.16 Å². The largest absolute Gasteiger partial charge is 0.367 e. The van der Waals surface area contributed by atoms with Crippen molar-refractivity contribution in [3.05, 3.63) is 46.9 Å². The molecule has 2 N–H and O–H groups in total. The number of hydrogen-bond acceptors (Lipinski definition) is 3. The van der Waals surface area contributed by atoms with Gasteiger partial charge >= 0.3 is 0 Å². The highest BCUT2D eigenvalue weighted by molar-refractivity contribution is 5.48. The summed E-state index contributed by atoms with van der Waals surface area (Å²) in [6.45, 7) is 0. The zero-order valence-electron chi connectivity index (χ0n) is 9.32. The molecule has 0 spiro atoms. The average Bonchev–Trinajstić information content (AvgIpc) is 2.73. The number of aryl methyl sites for hydroxylation is 1. The third-order valence-corrected chi connectivity index (χ3v) is 3.36. The highest BCUT2D eigenvalue weighted by Gasteiger charge is 2.28. The number of benzene rings is 1. The van der Waals surface area contributed by atoms with Crippen LogP contribution in [0.4, 0.5) is 10.3 Å². The molecule has 0 saturated carbocycles. The van der Waals surface area contributed by atoms with E-state index >= 15 is 0 Å². The van der Waals surface area contributed by atoms with Crippen molar-refractivity contribution in [3.8, 4) is 0 Å². The van der Waals surface area contributed by atoms with Crippen LogP contribution in [0.2, 0.25) is 0 Å². The molecule has 2 aromatic rings. The lowest BCUT2D eigenvalue weighted by molar-refractivity contribution is 0.427. The molecule has 88 valence electrons. The second kappa shape index (κ2) is 3.87. The Morgan fingerprint density at radius 1 is 1.29 bits per heavy atom. The third-order valence-electron chi connectivity index (χ3n) is 3.36. The average molecular weight is 232 g/mol. The van der Waals surface area contributed by atoms with Crippen LogP contribution in [0.3, 0.4) is 0 Å². The summed E-state index contributed by atoms with van der Waals surface area (Å²) in [7, 11) is 0. The summed E-state index contributed by atoms with van der Waals surface area (Å²) in [5.41, 5.74) is 8.82. The lowest BCUT2D eigenvalue weighted by Crippen LogP contribution is -2.11. The molecule has 1 aliphatic rings. The van der Waals surface area contributed by atoms with Crippen LogP contribution < -0.4 is 5.73 Å². The van der Waals surface area contributed by atoms with E-state index in [1.54, 1.807) is 0 Å². The standard InChI is InChI=1S/C13H13FN2O/c14-9-6-4-8(5-7-9)10-2-1-3-11-12(10)13(15)17-16-11/h4-7,10H,1-3,15H2. The summed E-state index contributed by atoms with van der Waals surface area (Å²) in [5, 5.41) is 3.98. The molecule has 3 rings (SSSR count). The molecule has 0 radical (unpaired) electrons. The molecule has 1 atom stereocenters. The van der Waals surface area contributed by atoms with Crippen molar-refractivity contribution in [3.63, 3.8) is 0 Å². The number of anilines is 1. The summed E-state index contributed by atoms with van der Waals surface area (Å²) in [6.07, 6.45) is 2.97. The smallest absolute Gasteiger partial charge is 0.226 e. The minimum absolute atomic E-state index is 0.186. The van der Waals surface area contributed by atoms with Gasteiger partial charge in [0.05, 0.1) is 5.69 Å². The topological polar surface area (TPSA) is 52.0 Å². The first-order valence-corrected chi connectivity index (χ1v) is 5.75. The van der Waals surface area contributed by atoms with Crippen molar-refractivity contribution < 1.29 is 8.91 Å². The first-order valence-electron chi connectivity index (χ1n) is 5.75. The molecule has 1 aromatic carbocycles. The molecule has 1 aromatic heterocycles. The first kappa shape index (κ1) is 10.3. The zero-order chi connectivity index (χ0) is 11.8. The minimum Gasteiger partial charge on any atom is -0.367 e. The molecule has 0 amide bonds. The van der Waals surface area contributed by atoms with Gasteiger partial charge in [0.25, 0.3) is 0 Å². The maximum absolute atomic E-state index is 12.9. The lowest BCUT2D eigenvalue weighted by atomic mass is 9.82. The van der Waals surface area contributed by atoms with Crippen molar-refractivity contribution in [1.82, 2.24) is 5.16 Å². The van der Waals surface area contributed by atoms with Crippen LogP contribution in [0.1, 0.15) is 35.6 Å². The maximum atomic E-state index is 12.9. The van der Waals surface area contributed by atoms with Gasteiger partial charge in [-0.25, -0.2) is 4.39 Å². The van der Waals surface area contributed by atoms with E-state index in [9.17, 15) is 4.39 Å². The molecule has 17 heavy (non-hydrogen) atoms. The number of rotatable bonds is 1. The summed E-state index contributed by atoms with van der Waals surface area (Å²) in [5.74, 6) is 0.364. The number of halogens is 1. The molecule has 4 heteroatoms. The van der Waals surface area contributed by atoms with Gasteiger partial charge in [-0.3, -0.25) is 0 Å². The Labute approximate surface area is 98.4 Å². The van der Waals surface area contributed by atoms with E-state index in [0.29, 0.717) is 5.88 Å². The minimum atomic E-state index is -0.219. The number of nitrogens with zero attached hydrogens (tertiary/aromatic N) is 1. The second-order valence-corrected chi connectivity index (χ2v) is 4.40. The summed E-state index contributed by atoms with van der Waals surface area (Å²) >= 11 is 0. The molecular weight excluding hydrogens is 219 g/mol. The van der Waals surface area contributed by atoms with Gasteiger partial charge in [0.2, 0.25) is 5.88 Å². The molecule has 0 saturated heterocycles. The number of nitrogens with two attached hydrogens (primary N) is 1. The highest BCUT2D eigenvalue weighted by atomic mass is 19.1. The fraction of sp³-hybridized carbons (Fsp3) is 0.308. The predicted octanol–water partition coefficient (Wildman–Crippen LogP) is 2.86. The van der Waals surface area contributed by atoms with Gasteiger partial charge in [0.15, 0.2) is 0 Å². The number of hydrogen-bond donors (Lipinski definition) is 1. The van der Waals surface area contributed by atoms with Gasteiger partial charge in [-0.15, -0.1) is 0 Å². The third kappa shape index (κ3) is 1.69. The first-order chi connectivity index (χ1) is 8.25. The number of fused-ring (bicyclic) bond motifs is 1. The van der Waals surface area contributed by atoms with Crippen molar-refractivity contribution in [2.24, 2.45) is 0 Å². The normalized spacial score (nSPS) is 19.0. The van der Waals surface area contributed by atoms with Crippen LogP contribution in [-0.4, -0.2) is 5.16 Å². The zero-order valence-corrected chi connectivity index (χ0v) is 9.32. The van der Waals surface area contributed by atoms with Crippen LogP contribution in [0.15, 0.2) is 28.8 Å². The van der Waals surface area contributed by atoms with E-state index in [1.807, 2.05) is 12.1 Å². The molecule has 0 fully saturated rings. The van der Waals surface area contributed by atoms with Crippen LogP contribution in [0.5, 0.6) is 0 Å². The monoisotopic (exact) mass is 232 g/mol. The van der Waals surface area contributed by atoms with Gasteiger partial charge in [-0.05, 0) is 37.0 Å². The van der Waals surface area contributed by atoms with Crippen molar-refractivity contribution in [2.75, 3.05) is 5.73 Å². The summed E-state index contributed by atoms with van der Waals surface area (Å²) < 4.78 is 18.0. The van der Waals surface area contributed by atoms with Gasteiger partial charge < -0.3 is 10.3 Å². The van der Waals surface area contributed by atoms with E-state index in [0.717, 1.165) is 36.1 Å². The van der Waals surface area contributed by atoms with Crippen LogP contribution in [0, 0.1) is 5.82 Å². The maximum Gasteiger partial charge on any atom is 0.226 e. The SMILES string of the molecule is Nc1onc2c1C(c1ccc(F)cc1)CCC2. The molecule has 0 bridgehead atoms. The second-order valence-electron chi connectivity index (χ2n) is 4.40. The number of aromatic nitrogens is 1. The Bertz CT molecular complexity index is 533. The fourth-order valence-electron chi connectivity index (χ4n) is 2.54. The van der Waals surface area contributed by atoms with E-state index < -0.39 is 0 Å². The van der Waals surface area contributed by atoms with Crippen LogP contribution in [0.25, 0.3) is 0 Å². The van der Waals surface area contributed by atoms with E-state index in [-0.39, 0.29) is 11.7 Å². The molecular formula is C13H13FN2O. The molecule has 3 nitrogen and oxygen atoms in total. The Kier molecular flexibility index (Phi) is 2.35. The van der Waals surface area contributed by atoms with Crippen LogP contribution in [-0.2, 0) is 6.42 Å². The molecule has 1 aliphatic carbocycles. The molecule has 0 aliphatic heterocycles. The van der Waals surface area contributed by atoms with E-state index in [4.69, 9.17) is 10.3 Å². The van der Waals surface area contributed by atoms with Crippen molar-refractivity contribution in [1.29, 1.82) is 0 Å². The predicted molar refractivity (Wildman–Crippen MR) is 62.1 cm³/mol. The van der Waals surface area contributed by atoms with Crippen molar-refractivity contribution in [2.45, 2.75) is 25.2 Å². The van der Waals surface area contributed by atoms with Gasteiger partial charge in [-0.2, -0.15) is 0 Å². The van der Waals surface area contributed by atoms with Crippen LogP contribution >= 0.6 is 0 Å². The Hall–Kier alpha value is -1.84. The van der Waals surface area contributed by atoms with Gasteiger partial charge in [0.1, 0.15) is 5.82 Å². The Morgan fingerprint density at radius 3 is 2.82 bits per heavy atom. The molecule has 1 heterocycles. The fourth-order valence-corrected chi connectivity index (χ4v) is 2.54. The van der Waals surface area contributed by atoms with Gasteiger partial charge in [-0.1, -0.05) is 17.3 Å². The highest BCUT2D eigenvalue weighted by Crippen LogP contribution is 2.39. The lowest BCUT2D eigenvalue weighted by Gasteiger charge is -2.21. The van der Waals surface area contributed by atoms with E-state index in [1.165, 1.54) is 12.1 Å². The molecule has 1 unspecified atom stereocenters. The number of nitrogen functional groups attached to an aromatic ring is 1. The summed E-state index contributed by atoms with van der Waals surface area (Å²) in [4.78, 5) is 0. The van der Waals surface area contributed by atoms with Crippen molar-refractivity contribution >= 4 is 5.88 Å². The Balaban J connectivity index is 2.05. The van der Waals surface area contributed by atoms with Gasteiger partial charge in [0, 0.05) is 11.5 Å². The summed E-state index contributed by atoms with van der Waals surface area (Å²) in [6, 6.07) is 6.57. The Morgan fingerprint density at radius 2 is 2.06 bits per heavy atom.